The molecule has 0 bridgehead atoms. The summed E-state index contributed by atoms with van der Waals surface area (Å²) in [6.45, 7) is 1.65. The van der Waals surface area contributed by atoms with Crippen LogP contribution in [0.4, 0.5) is 4.39 Å². The number of esters is 1. The van der Waals surface area contributed by atoms with E-state index in [2.05, 4.69) is 4.74 Å². The molecule has 3 nitrogen and oxygen atoms in total. The van der Waals surface area contributed by atoms with Crippen molar-refractivity contribution in [2.24, 2.45) is 5.92 Å². The molecule has 92 valence electrons. The van der Waals surface area contributed by atoms with Gasteiger partial charge in [-0.15, -0.1) is 0 Å². The van der Waals surface area contributed by atoms with Crippen molar-refractivity contribution < 1.29 is 18.7 Å². The van der Waals surface area contributed by atoms with Gasteiger partial charge in [-0.25, -0.2) is 4.39 Å². The maximum Gasteiger partial charge on any atom is 0.316 e. The van der Waals surface area contributed by atoms with Gasteiger partial charge in [-0.05, 0) is 18.6 Å². The summed E-state index contributed by atoms with van der Waals surface area (Å²) in [4.78, 5) is 23.3. The lowest BCUT2D eigenvalue weighted by molar-refractivity contribution is -0.143. The van der Waals surface area contributed by atoms with Crippen LogP contribution in [0.15, 0.2) is 18.2 Å². The molecular weight excluding hydrogens is 247 g/mol. The molecule has 1 rings (SSSR count). The second-order valence-electron chi connectivity index (χ2n) is 3.45. The summed E-state index contributed by atoms with van der Waals surface area (Å²) in [7, 11) is 1.19. The first-order valence-corrected chi connectivity index (χ1v) is 5.46. The van der Waals surface area contributed by atoms with Crippen LogP contribution in [0.25, 0.3) is 0 Å². The van der Waals surface area contributed by atoms with Crippen molar-refractivity contribution >= 4 is 23.4 Å². The molecule has 0 aliphatic heterocycles. The van der Waals surface area contributed by atoms with Crippen LogP contribution in [-0.2, 0) is 9.53 Å². The molecule has 1 aromatic rings. The van der Waals surface area contributed by atoms with Crippen LogP contribution in [-0.4, -0.2) is 18.9 Å². The summed E-state index contributed by atoms with van der Waals surface area (Å²) in [5.41, 5.74) is -0.185. The molecule has 0 saturated heterocycles. The van der Waals surface area contributed by atoms with Gasteiger partial charge in [0.2, 0.25) is 0 Å². The third-order valence-electron chi connectivity index (χ3n) is 2.43. The van der Waals surface area contributed by atoms with Crippen LogP contribution in [0.1, 0.15) is 23.7 Å². The van der Waals surface area contributed by atoms with Gasteiger partial charge in [0.15, 0.2) is 11.6 Å². The average Bonchev–Trinajstić information content (AvgIpc) is 2.33. The van der Waals surface area contributed by atoms with E-state index in [1.807, 2.05) is 0 Å². The molecule has 0 saturated carbocycles. The Morgan fingerprint density at radius 2 is 2.12 bits per heavy atom. The minimum absolute atomic E-state index is 0.143. The maximum atomic E-state index is 13.6. The Balaban J connectivity index is 3.11. The van der Waals surface area contributed by atoms with Crippen molar-refractivity contribution in [2.45, 2.75) is 13.3 Å². The molecule has 0 aromatic heterocycles. The lowest BCUT2D eigenvalue weighted by Gasteiger charge is -2.12. The minimum atomic E-state index is -0.993. The molecule has 0 amide bonds. The number of methoxy groups -OCH3 is 1. The highest BCUT2D eigenvalue weighted by molar-refractivity contribution is 6.31. The quantitative estimate of drug-likeness (QED) is 0.474. The Bertz CT molecular complexity index is 445. The maximum absolute atomic E-state index is 13.6. The van der Waals surface area contributed by atoms with E-state index in [0.717, 1.165) is 0 Å². The topological polar surface area (TPSA) is 43.4 Å². The van der Waals surface area contributed by atoms with Crippen molar-refractivity contribution in [3.05, 3.63) is 34.6 Å². The largest absolute Gasteiger partial charge is 0.468 e. The number of halogens is 2. The Morgan fingerprint density at radius 1 is 1.47 bits per heavy atom. The molecule has 0 spiro atoms. The zero-order chi connectivity index (χ0) is 13.0. The number of hydrogen-bond acceptors (Lipinski definition) is 3. The fraction of sp³-hybridized carbons (Fsp3) is 0.333. The molecule has 1 unspecified atom stereocenters. The molecule has 0 N–H and O–H groups in total. The standard InChI is InChI=1S/C12H12ClFO3/c1-3-7(12(16)17-2)11(15)8-5-4-6-9(13)10(8)14/h4-7H,3H2,1-2H3. The Kier molecular flexibility index (Phi) is 4.63. The third-order valence-corrected chi connectivity index (χ3v) is 2.72. The fourth-order valence-electron chi connectivity index (χ4n) is 1.48. The van der Waals surface area contributed by atoms with Gasteiger partial charge in [-0.2, -0.15) is 0 Å². The molecule has 0 radical (unpaired) electrons. The lowest BCUT2D eigenvalue weighted by Crippen LogP contribution is -2.25. The van der Waals surface area contributed by atoms with Gasteiger partial charge in [0.1, 0.15) is 5.92 Å². The van der Waals surface area contributed by atoms with E-state index in [0.29, 0.717) is 0 Å². The van der Waals surface area contributed by atoms with Crippen molar-refractivity contribution in [1.29, 1.82) is 0 Å². The summed E-state index contributed by atoms with van der Waals surface area (Å²) < 4.78 is 18.1. The first-order chi connectivity index (χ1) is 8.02. The molecule has 17 heavy (non-hydrogen) atoms. The van der Waals surface area contributed by atoms with E-state index in [9.17, 15) is 14.0 Å². The third kappa shape index (κ3) is 2.82. The van der Waals surface area contributed by atoms with Gasteiger partial charge in [0.05, 0.1) is 17.7 Å². The molecule has 0 aliphatic rings. The minimum Gasteiger partial charge on any atom is -0.468 e. The van der Waals surface area contributed by atoms with Gasteiger partial charge in [0.25, 0.3) is 0 Å². The second-order valence-corrected chi connectivity index (χ2v) is 3.86. The van der Waals surface area contributed by atoms with Crippen LogP contribution in [0, 0.1) is 11.7 Å². The summed E-state index contributed by atoms with van der Waals surface area (Å²) in [5.74, 6) is -3.08. The molecule has 1 aromatic carbocycles. The second kappa shape index (κ2) is 5.77. The number of carbonyl (C=O) groups excluding carboxylic acids is 2. The Morgan fingerprint density at radius 3 is 2.65 bits per heavy atom. The van der Waals surface area contributed by atoms with E-state index in [4.69, 9.17) is 11.6 Å². The lowest BCUT2D eigenvalue weighted by atomic mass is 9.95. The van der Waals surface area contributed by atoms with Gasteiger partial charge in [-0.1, -0.05) is 24.6 Å². The van der Waals surface area contributed by atoms with Crippen LogP contribution in [0.3, 0.4) is 0 Å². The number of rotatable bonds is 4. The number of hydrogen-bond donors (Lipinski definition) is 0. The number of ether oxygens (including phenoxy) is 1. The van der Waals surface area contributed by atoms with Crippen molar-refractivity contribution in [1.82, 2.24) is 0 Å². The molecule has 0 heterocycles. The highest BCUT2D eigenvalue weighted by Gasteiger charge is 2.29. The SMILES string of the molecule is CCC(C(=O)OC)C(=O)c1cccc(Cl)c1F. The number of ketones is 1. The fourth-order valence-corrected chi connectivity index (χ4v) is 1.66. The number of carbonyl (C=O) groups is 2. The first kappa shape index (κ1) is 13.6. The smallest absolute Gasteiger partial charge is 0.316 e. The number of Topliss-reactive ketones (excluding diaryl/α,β-unsaturated/α-hetero) is 1. The van der Waals surface area contributed by atoms with Crippen LogP contribution in [0.5, 0.6) is 0 Å². The predicted octanol–water partition coefficient (Wildman–Crippen LogP) is 2.86. The molecule has 0 fully saturated rings. The van der Waals surface area contributed by atoms with Gasteiger partial charge in [-0.3, -0.25) is 9.59 Å². The van der Waals surface area contributed by atoms with Gasteiger partial charge >= 0.3 is 5.97 Å². The predicted molar refractivity (Wildman–Crippen MR) is 61.5 cm³/mol. The van der Waals surface area contributed by atoms with Crippen molar-refractivity contribution in [3.63, 3.8) is 0 Å². The molecule has 1 atom stereocenters. The monoisotopic (exact) mass is 258 g/mol. The average molecular weight is 259 g/mol. The molecule has 5 heteroatoms. The number of benzene rings is 1. The summed E-state index contributed by atoms with van der Waals surface area (Å²) in [5, 5.41) is -0.143. The summed E-state index contributed by atoms with van der Waals surface area (Å²) >= 11 is 5.58. The van der Waals surface area contributed by atoms with E-state index in [1.165, 1.54) is 25.3 Å². The van der Waals surface area contributed by atoms with Gasteiger partial charge in [0, 0.05) is 0 Å². The Hall–Kier alpha value is -1.42. The van der Waals surface area contributed by atoms with E-state index in [-0.39, 0.29) is 17.0 Å². The van der Waals surface area contributed by atoms with Crippen LogP contribution >= 0.6 is 11.6 Å². The van der Waals surface area contributed by atoms with Crippen LogP contribution < -0.4 is 0 Å². The molecular formula is C12H12ClFO3. The van der Waals surface area contributed by atoms with E-state index >= 15 is 0 Å². The summed E-state index contributed by atoms with van der Waals surface area (Å²) in [6.07, 6.45) is 0.247. The van der Waals surface area contributed by atoms with E-state index in [1.54, 1.807) is 6.92 Å². The molecule has 0 aliphatic carbocycles. The first-order valence-electron chi connectivity index (χ1n) is 5.09. The van der Waals surface area contributed by atoms with Gasteiger partial charge < -0.3 is 4.74 Å². The zero-order valence-corrected chi connectivity index (χ0v) is 10.3. The normalized spacial score (nSPS) is 12.0. The van der Waals surface area contributed by atoms with Crippen molar-refractivity contribution in [3.8, 4) is 0 Å². The Labute approximate surface area is 104 Å². The highest BCUT2D eigenvalue weighted by Crippen LogP contribution is 2.22. The summed E-state index contributed by atoms with van der Waals surface area (Å²) in [6, 6.07) is 4.10. The highest BCUT2D eigenvalue weighted by atomic mass is 35.5. The zero-order valence-electron chi connectivity index (χ0n) is 9.50. The van der Waals surface area contributed by atoms with E-state index < -0.39 is 23.5 Å². The van der Waals surface area contributed by atoms with Crippen molar-refractivity contribution in [2.75, 3.05) is 7.11 Å². The van der Waals surface area contributed by atoms with Crippen LogP contribution in [0.2, 0.25) is 5.02 Å².